The molecule has 0 rings (SSSR count). The lowest BCUT2D eigenvalue weighted by atomic mass is 10.3. The molecule has 0 saturated carbocycles. The van der Waals surface area contributed by atoms with Crippen molar-refractivity contribution in [2.24, 2.45) is 5.92 Å². The minimum atomic E-state index is 0.827. The number of hydrogen-bond acceptors (Lipinski definition) is 2. The summed E-state index contributed by atoms with van der Waals surface area (Å²) in [5, 5.41) is 2.15. The van der Waals surface area contributed by atoms with Crippen LogP contribution >= 0.6 is 23.5 Å². The van der Waals surface area contributed by atoms with E-state index in [4.69, 9.17) is 0 Å². The first-order valence-electron chi connectivity index (χ1n) is 3.53. The van der Waals surface area contributed by atoms with Gasteiger partial charge in [-0.2, -0.15) is 11.8 Å². The first-order chi connectivity index (χ1) is 4.77. The Morgan fingerprint density at radius 3 is 2.60 bits per heavy atom. The van der Waals surface area contributed by atoms with Gasteiger partial charge in [-0.25, -0.2) is 0 Å². The van der Waals surface area contributed by atoms with Crippen LogP contribution in [-0.4, -0.2) is 17.8 Å². The van der Waals surface area contributed by atoms with Gasteiger partial charge in [-0.05, 0) is 23.3 Å². The Morgan fingerprint density at radius 1 is 1.40 bits per heavy atom. The van der Waals surface area contributed by atoms with E-state index in [9.17, 15) is 0 Å². The first kappa shape index (κ1) is 10.4. The third-order valence-corrected chi connectivity index (χ3v) is 2.69. The highest BCUT2D eigenvalue weighted by molar-refractivity contribution is 8.01. The summed E-state index contributed by atoms with van der Waals surface area (Å²) in [6.45, 7) is 4.51. The van der Waals surface area contributed by atoms with Crippen molar-refractivity contribution in [2.45, 2.75) is 13.8 Å². The van der Waals surface area contributed by atoms with Crippen LogP contribution in [0, 0.1) is 5.92 Å². The van der Waals surface area contributed by atoms with Crippen LogP contribution in [0.1, 0.15) is 13.8 Å². The molecule has 60 valence electrons. The Kier molecular flexibility index (Phi) is 7.88. The van der Waals surface area contributed by atoms with Gasteiger partial charge in [0.1, 0.15) is 0 Å². The quantitative estimate of drug-likeness (QED) is 0.590. The van der Waals surface area contributed by atoms with Gasteiger partial charge in [0.15, 0.2) is 0 Å². The number of rotatable bonds is 5. The lowest BCUT2D eigenvalue weighted by Crippen LogP contribution is -1.90. The molecule has 2 heteroatoms. The topological polar surface area (TPSA) is 0 Å². The predicted molar refractivity (Wildman–Crippen MR) is 54.8 cm³/mol. The maximum absolute atomic E-state index is 2.26. The van der Waals surface area contributed by atoms with E-state index in [1.165, 1.54) is 11.5 Å². The van der Waals surface area contributed by atoms with E-state index in [0.717, 1.165) is 5.92 Å². The van der Waals surface area contributed by atoms with Gasteiger partial charge in [-0.3, -0.25) is 0 Å². The molecular formula is C8H16S2. The highest BCUT2D eigenvalue weighted by atomic mass is 32.2. The molecule has 0 aliphatic heterocycles. The smallest absolute Gasteiger partial charge is 0.0121 e. The fourth-order valence-electron chi connectivity index (χ4n) is 0.507. The molecule has 0 amide bonds. The highest BCUT2D eigenvalue weighted by Gasteiger charge is 1.90. The van der Waals surface area contributed by atoms with Gasteiger partial charge in [0.25, 0.3) is 0 Å². The van der Waals surface area contributed by atoms with Crippen molar-refractivity contribution in [3.63, 3.8) is 0 Å². The van der Waals surface area contributed by atoms with Gasteiger partial charge < -0.3 is 0 Å². The van der Waals surface area contributed by atoms with Gasteiger partial charge >= 0.3 is 0 Å². The molecule has 0 bridgehead atoms. The average Bonchev–Trinajstić information content (AvgIpc) is 1.87. The van der Waals surface area contributed by atoms with E-state index in [1.54, 1.807) is 11.8 Å². The molecule has 0 nitrogen and oxygen atoms in total. The SMILES string of the molecule is CS/C=C\CSCC(C)C. The zero-order valence-corrected chi connectivity index (χ0v) is 8.60. The van der Waals surface area contributed by atoms with Crippen molar-refractivity contribution >= 4 is 23.5 Å². The maximum atomic E-state index is 2.26. The van der Waals surface area contributed by atoms with E-state index in [0.29, 0.717) is 0 Å². The van der Waals surface area contributed by atoms with E-state index < -0.39 is 0 Å². The van der Waals surface area contributed by atoms with Crippen LogP contribution in [0.25, 0.3) is 0 Å². The van der Waals surface area contributed by atoms with Gasteiger partial charge in [0.2, 0.25) is 0 Å². The Hall–Kier alpha value is 0.440. The second-order valence-corrected chi connectivity index (χ2v) is 4.36. The van der Waals surface area contributed by atoms with Crippen LogP contribution in [0.5, 0.6) is 0 Å². The molecule has 0 saturated heterocycles. The Bertz CT molecular complexity index is 87.3. The summed E-state index contributed by atoms with van der Waals surface area (Å²) in [7, 11) is 0. The summed E-state index contributed by atoms with van der Waals surface area (Å²) in [4.78, 5) is 0. The zero-order chi connectivity index (χ0) is 7.82. The second-order valence-electron chi connectivity index (χ2n) is 2.54. The summed E-state index contributed by atoms with van der Waals surface area (Å²) in [6.07, 6.45) is 4.31. The molecule has 0 atom stereocenters. The number of thioether (sulfide) groups is 2. The highest BCUT2D eigenvalue weighted by Crippen LogP contribution is 2.07. The summed E-state index contributed by atoms with van der Waals surface area (Å²) in [6, 6.07) is 0. The molecular weight excluding hydrogens is 160 g/mol. The van der Waals surface area contributed by atoms with Crippen LogP contribution in [0.4, 0.5) is 0 Å². The fraction of sp³-hybridized carbons (Fsp3) is 0.750. The summed E-state index contributed by atoms with van der Waals surface area (Å²) in [5.41, 5.74) is 0. The molecule has 0 heterocycles. The van der Waals surface area contributed by atoms with Gasteiger partial charge in [0.05, 0.1) is 0 Å². The largest absolute Gasteiger partial charge is 0.158 e. The molecule has 0 unspecified atom stereocenters. The molecule has 10 heavy (non-hydrogen) atoms. The summed E-state index contributed by atoms with van der Waals surface area (Å²) >= 11 is 3.77. The lowest BCUT2D eigenvalue weighted by Gasteiger charge is -2.00. The summed E-state index contributed by atoms with van der Waals surface area (Å²) < 4.78 is 0. The lowest BCUT2D eigenvalue weighted by molar-refractivity contribution is 0.751. The van der Waals surface area contributed by atoms with Crippen molar-refractivity contribution in [3.8, 4) is 0 Å². The monoisotopic (exact) mass is 176 g/mol. The zero-order valence-electron chi connectivity index (χ0n) is 6.96. The van der Waals surface area contributed by atoms with Crippen LogP contribution < -0.4 is 0 Å². The number of hydrogen-bond donors (Lipinski definition) is 0. The molecule has 0 fully saturated rings. The Balaban J connectivity index is 2.97. The minimum absolute atomic E-state index is 0.827. The molecule has 0 aliphatic carbocycles. The average molecular weight is 176 g/mol. The molecule has 0 radical (unpaired) electrons. The van der Waals surface area contributed by atoms with Crippen LogP contribution in [0.3, 0.4) is 0 Å². The maximum Gasteiger partial charge on any atom is 0.0121 e. The van der Waals surface area contributed by atoms with Crippen LogP contribution in [0.15, 0.2) is 11.5 Å². The first-order valence-corrected chi connectivity index (χ1v) is 5.97. The second kappa shape index (κ2) is 7.55. The fourth-order valence-corrected chi connectivity index (χ4v) is 1.76. The van der Waals surface area contributed by atoms with Gasteiger partial charge in [-0.15, -0.1) is 11.8 Å². The molecule has 0 aromatic carbocycles. The summed E-state index contributed by atoms with van der Waals surface area (Å²) in [5.74, 6) is 3.27. The Labute approximate surface area is 72.9 Å². The normalized spacial score (nSPS) is 11.6. The van der Waals surface area contributed by atoms with Crippen molar-refractivity contribution in [1.82, 2.24) is 0 Å². The standard InChI is InChI=1S/C8H16S2/c1-8(2)7-10-6-4-5-9-3/h4-5,8H,6-7H2,1-3H3/b5-4-. The molecule has 0 aromatic heterocycles. The predicted octanol–water partition coefficient (Wildman–Crippen LogP) is 3.25. The molecule has 0 N–H and O–H groups in total. The van der Waals surface area contributed by atoms with Crippen LogP contribution in [0.2, 0.25) is 0 Å². The minimum Gasteiger partial charge on any atom is -0.158 e. The van der Waals surface area contributed by atoms with E-state index in [1.807, 2.05) is 11.8 Å². The van der Waals surface area contributed by atoms with Gasteiger partial charge in [-0.1, -0.05) is 19.9 Å². The molecule has 0 aromatic rings. The molecule has 0 spiro atoms. The van der Waals surface area contributed by atoms with Crippen molar-refractivity contribution in [3.05, 3.63) is 11.5 Å². The van der Waals surface area contributed by atoms with E-state index in [-0.39, 0.29) is 0 Å². The Morgan fingerprint density at radius 2 is 2.10 bits per heavy atom. The van der Waals surface area contributed by atoms with Crippen LogP contribution in [-0.2, 0) is 0 Å². The van der Waals surface area contributed by atoms with Gasteiger partial charge in [0, 0.05) is 5.75 Å². The van der Waals surface area contributed by atoms with Crippen molar-refractivity contribution in [1.29, 1.82) is 0 Å². The third kappa shape index (κ3) is 8.44. The van der Waals surface area contributed by atoms with Crippen molar-refractivity contribution in [2.75, 3.05) is 17.8 Å². The van der Waals surface area contributed by atoms with Crippen molar-refractivity contribution < 1.29 is 0 Å². The van der Waals surface area contributed by atoms with E-state index >= 15 is 0 Å². The third-order valence-electron chi connectivity index (χ3n) is 0.898. The molecule has 0 aliphatic rings. The van der Waals surface area contributed by atoms with E-state index in [2.05, 4.69) is 31.6 Å².